The second-order valence-electron chi connectivity index (χ2n) is 9.04. The molecule has 0 spiro atoms. The third-order valence-corrected chi connectivity index (χ3v) is 6.41. The molecule has 154 valence electrons. The lowest BCUT2D eigenvalue weighted by atomic mass is 9.92. The van der Waals surface area contributed by atoms with Crippen molar-refractivity contribution in [1.29, 1.82) is 0 Å². The summed E-state index contributed by atoms with van der Waals surface area (Å²) in [5.74, 6) is 0.173. The van der Waals surface area contributed by atoms with E-state index in [-0.39, 0.29) is 11.3 Å². The fraction of sp³-hybridized carbons (Fsp3) is 0.480. The second-order valence-corrected chi connectivity index (χ2v) is 9.04. The van der Waals surface area contributed by atoms with Crippen LogP contribution in [0.5, 0.6) is 0 Å². The lowest BCUT2D eigenvalue weighted by Crippen LogP contribution is -2.43. The van der Waals surface area contributed by atoms with Crippen molar-refractivity contribution in [2.45, 2.75) is 45.2 Å². The number of piperazine rings is 1. The van der Waals surface area contributed by atoms with Crippen molar-refractivity contribution in [2.24, 2.45) is 0 Å². The van der Waals surface area contributed by atoms with Gasteiger partial charge in [0.25, 0.3) is 0 Å². The third kappa shape index (κ3) is 4.71. The second kappa shape index (κ2) is 8.29. The summed E-state index contributed by atoms with van der Waals surface area (Å²) < 4.78 is 0. The van der Waals surface area contributed by atoms with Crippen molar-refractivity contribution in [3.8, 4) is 0 Å². The highest BCUT2D eigenvalue weighted by atomic mass is 16.2. The first-order chi connectivity index (χ1) is 13.9. The fourth-order valence-corrected chi connectivity index (χ4v) is 4.48. The Morgan fingerprint density at radius 2 is 1.62 bits per heavy atom. The molecule has 1 aliphatic carbocycles. The molecular formula is C25H33N3O. The van der Waals surface area contributed by atoms with Crippen molar-refractivity contribution in [1.82, 2.24) is 15.1 Å². The number of nitrogens with zero attached hydrogens (tertiary/aromatic N) is 2. The molecule has 2 aromatic rings. The summed E-state index contributed by atoms with van der Waals surface area (Å²) in [6, 6.07) is 15.2. The van der Waals surface area contributed by atoms with Gasteiger partial charge in [-0.1, -0.05) is 53.6 Å². The van der Waals surface area contributed by atoms with Gasteiger partial charge in [0.2, 0.25) is 5.91 Å². The van der Waals surface area contributed by atoms with E-state index < -0.39 is 0 Å². The average Bonchev–Trinajstić information content (AvgIpc) is 3.50. The third-order valence-electron chi connectivity index (χ3n) is 6.41. The van der Waals surface area contributed by atoms with E-state index in [0.717, 1.165) is 45.6 Å². The summed E-state index contributed by atoms with van der Waals surface area (Å²) >= 11 is 0. The lowest BCUT2D eigenvalue weighted by Gasteiger charge is -2.32. The van der Waals surface area contributed by atoms with Crippen molar-refractivity contribution < 1.29 is 4.79 Å². The van der Waals surface area contributed by atoms with E-state index in [1.54, 1.807) is 0 Å². The van der Waals surface area contributed by atoms with E-state index >= 15 is 0 Å². The van der Waals surface area contributed by atoms with Crippen molar-refractivity contribution >= 4 is 5.91 Å². The van der Waals surface area contributed by atoms with Crippen LogP contribution in [0.3, 0.4) is 0 Å². The van der Waals surface area contributed by atoms with E-state index in [1.165, 1.54) is 27.8 Å². The highest BCUT2D eigenvalue weighted by Crippen LogP contribution is 2.48. The maximum atomic E-state index is 13.0. The van der Waals surface area contributed by atoms with Gasteiger partial charge in [0.15, 0.2) is 0 Å². The van der Waals surface area contributed by atoms with Gasteiger partial charge in [-0.15, -0.1) is 0 Å². The Morgan fingerprint density at radius 1 is 0.966 bits per heavy atom. The van der Waals surface area contributed by atoms with Gasteiger partial charge in [0.05, 0.1) is 5.41 Å². The Morgan fingerprint density at radius 3 is 2.28 bits per heavy atom. The standard InChI is InChI=1S/C25H33N3O/c1-19-13-20(2)15-23(14-19)25(7-8-25)24(29)26-17-21-5-4-6-22(16-21)18-28-11-9-27(3)10-12-28/h4-6,13-16H,7-12,17-18H2,1-3H3,(H,26,29). The number of nitrogens with one attached hydrogen (secondary N) is 1. The van der Waals surface area contributed by atoms with E-state index in [1.807, 2.05) is 0 Å². The Balaban J connectivity index is 1.37. The largest absolute Gasteiger partial charge is 0.351 e. The summed E-state index contributed by atoms with van der Waals surface area (Å²) in [5, 5.41) is 3.22. The van der Waals surface area contributed by atoms with Crippen LogP contribution in [0.4, 0.5) is 0 Å². The minimum Gasteiger partial charge on any atom is -0.351 e. The molecule has 0 unspecified atom stereocenters. The number of benzene rings is 2. The molecule has 1 saturated carbocycles. The molecule has 4 rings (SSSR count). The molecule has 0 radical (unpaired) electrons. The molecule has 2 fully saturated rings. The van der Waals surface area contributed by atoms with Crippen molar-refractivity contribution in [3.63, 3.8) is 0 Å². The molecule has 1 heterocycles. The predicted molar refractivity (Wildman–Crippen MR) is 118 cm³/mol. The SMILES string of the molecule is Cc1cc(C)cc(C2(C(=O)NCc3cccc(CN4CCN(C)CC4)c3)CC2)c1. The maximum Gasteiger partial charge on any atom is 0.230 e. The van der Waals surface area contributed by atoms with Gasteiger partial charge < -0.3 is 10.2 Å². The van der Waals surface area contributed by atoms with E-state index in [9.17, 15) is 4.79 Å². The summed E-state index contributed by atoms with van der Waals surface area (Å²) in [4.78, 5) is 17.9. The first-order valence-electron chi connectivity index (χ1n) is 10.8. The van der Waals surface area contributed by atoms with Crippen LogP contribution < -0.4 is 5.32 Å². The molecule has 2 aliphatic rings. The van der Waals surface area contributed by atoms with Gasteiger partial charge in [-0.2, -0.15) is 0 Å². The number of hydrogen-bond donors (Lipinski definition) is 1. The van der Waals surface area contributed by atoms with E-state index in [2.05, 4.69) is 78.5 Å². The van der Waals surface area contributed by atoms with Crippen LogP contribution in [0, 0.1) is 13.8 Å². The van der Waals surface area contributed by atoms with Gasteiger partial charge in [-0.05, 0) is 50.4 Å². The highest BCUT2D eigenvalue weighted by molar-refractivity contribution is 5.91. The molecule has 1 aliphatic heterocycles. The molecule has 0 bridgehead atoms. The molecule has 1 N–H and O–H groups in total. The van der Waals surface area contributed by atoms with Gasteiger partial charge in [-0.3, -0.25) is 9.69 Å². The zero-order valence-electron chi connectivity index (χ0n) is 18.0. The summed E-state index contributed by atoms with van der Waals surface area (Å²) in [5.41, 5.74) is 5.84. The van der Waals surface area contributed by atoms with Crippen LogP contribution in [0.25, 0.3) is 0 Å². The van der Waals surface area contributed by atoms with Crippen LogP contribution >= 0.6 is 0 Å². The molecular weight excluding hydrogens is 358 g/mol. The zero-order valence-corrected chi connectivity index (χ0v) is 18.0. The highest BCUT2D eigenvalue weighted by Gasteiger charge is 2.51. The summed E-state index contributed by atoms with van der Waals surface area (Å²) in [7, 11) is 2.19. The number of carbonyl (C=O) groups excluding carboxylic acids is 1. The van der Waals surface area contributed by atoms with Crippen LogP contribution in [-0.2, 0) is 23.3 Å². The first-order valence-corrected chi connectivity index (χ1v) is 10.8. The number of hydrogen-bond acceptors (Lipinski definition) is 3. The lowest BCUT2D eigenvalue weighted by molar-refractivity contribution is -0.123. The molecule has 1 amide bonds. The number of likely N-dealkylation sites (N-methyl/N-ethyl adjacent to an activating group) is 1. The Kier molecular flexibility index (Phi) is 5.75. The van der Waals surface area contributed by atoms with Gasteiger partial charge in [-0.25, -0.2) is 0 Å². The number of rotatable bonds is 6. The minimum absolute atomic E-state index is 0.173. The minimum atomic E-state index is -0.311. The normalized spacial score (nSPS) is 19.1. The van der Waals surface area contributed by atoms with Crippen LogP contribution in [0.1, 0.15) is 40.7 Å². The molecule has 0 aromatic heterocycles. The van der Waals surface area contributed by atoms with Crippen LogP contribution in [-0.4, -0.2) is 48.9 Å². The molecule has 0 atom stereocenters. The molecule has 4 nitrogen and oxygen atoms in total. The quantitative estimate of drug-likeness (QED) is 0.820. The van der Waals surface area contributed by atoms with Gasteiger partial charge in [0, 0.05) is 39.3 Å². The van der Waals surface area contributed by atoms with E-state index in [0.29, 0.717) is 6.54 Å². The Hall–Kier alpha value is -2.17. The Bertz CT molecular complexity index is 859. The predicted octanol–water partition coefficient (Wildman–Crippen LogP) is 3.40. The smallest absolute Gasteiger partial charge is 0.230 e. The molecule has 2 aromatic carbocycles. The van der Waals surface area contributed by atoms with Crippen LogP contribution in [0.15, 0.2) is 42.5 Å². The summed E-state index contributed by atoms with van der Waals surface area (Å²) in [6.07, 6.45) is 1.90. The Labute approximate surface area is 174 Å². The monoisotopic (exact) mass is 391 g/mol. The number of amides is 1. The number of carbonyl (C=O) groups is 1. The molecule has 29 heavy (non-hydrogen) atoms. The van der Waals surface area contributed by atoms with Crippen LogP contribution in [0.2, 0.25) is 0 Å². The molecule has 4 heteroatoms. The van der Waals surface area contributed by atoms with Crippen molar-refractivity contribution in [2.75, 3.05) is 33.2 Å². The fourth-order valence-electron chi connectivity index (χ4n) is 4.48. The average molecular weight is 392 g/mol. The maximum absolute atomic E-state index is 13.0. The zero-order chi connectivity index (χ0) is 20.4. The van der Waals surface area contributed by atoms with Gasteiger partial charge >= 0.3 is 0 Å². The topological polar surface area (TPSA) is 35.6 Å². The summed E-state index contributed by atoms with van der Waals surface area (Å²) in [6.45, 7) is 10.3. The van der Waals surface area contributed by atoms with Crippen molar-refractivity contribution in [3.05, 3.63) is 70.3 Å². The first kappa shape index (κ1) is 20.1. The van der Waals surface area contributed by atoms with E-state index in [4.69, 9.17) is 0 Å². The number of aryl methyl sites for hydroxylation is 2. The molecule has 1 saturated heterocycles. The van der Waals surface area contributed by atoms with Gasteiger partial charge in [0.1, 0.15) is 0 Å².